The van der Waals surface area contributed by atoms with Gasteiger partial charge in [0, 0.05) is 35.0 Å². The number of rotatable bonds is 5. The van der Waals surface area contributed by atoms with E-state index >= 15 is 0 Å². The Hall–Kier alpha value is -1.10. The average Bonchev–Trinajstić information content (AvgIpc) is 2.26. The van der Waals surface area contributed by atoms with Crippen LogP contribution in [0.25, 0.3) is 0 Å². The molecule has 1 aromatic heterocycles. The van der Waals surface area contributed by atoms with Gasteiger partial charge in [-0.15, -0.1) is 0 Å². The monoisotopic (exact) mass is 228 g/mol. The topological polar surface area (TPSA) is 51.2 Å². The second-order valence-corrected chi connectivity index (χ2v) is 5.05. The molecule has 84 valence electrons. The lowest BCUT2D eigenvalue weighted by atomic mass is 10.4. The van der Waals surface area contributed by atoms with E-state index in [1.807, 2.05) is 19.1 Å². The molecular formula is C10H16N2O2S. The molecule has 0 amide bonds. The number of nitrogens with one attached hydrogen (secondary N) is 1. The molecule has 2 unspecified atom stereocenters. The first kappa shape index (κ1) is 12.0. The van der Waals surface area contributed by atoms with Crippen molar-refractivity contribution < 1.29 is 8.95 Å². The number of ether oxygens (including phenoxy) is 1. The smallest absolute Gasteiger partial charge is 0.168 e. The molecule has 5 heteroatoms. The van der Waals surface area contributed by atoms with Crippen LogP contribution in [0.5, 0.6) is 5.75 Å². The summed E-state index contributed by atoms with van der Waals surface area (Å²) in [5.74, 6) is 1.39. The van der Waals surface area contributed by atoms with Crippen molar-refractivity contribution in [3.63, 3.8) is 0 Å². The van der Waals surface area contributed by atoms with E-state index in [0.29, 0.717) is 18.1 Å². The molecule has 0 aliphatic carbocycles. The standard InChI is InChI=1S/C10H16N2O2S/c1-8(15(3)13)7-12-10-9(14-2)5-4-6-11-10/h4-6,8H,7H2,1-3H3,(H,11,12). The van der Waals surface area contributed by atoms with E-state index in [4.69, 9.17) is 4.74 Å². The van der Waals surface area contributed by atoms with Crippen molar-refractivity contribution in [1.29, 1.82) is 0 Å². The molecule has 15 heavy (non-hydrogen) atoms. The van der Waals surface area contributed by atoms with Gasteiger partial charge in [0.05, 0.1) is 7.11 Å². The molecule has 1 rings (SSSR count). The molecule has 0 saturated carbocycles. The third kappa shape index (κ3) is 3.51. The average molecular weight is 228 g/mol. The third-order valence-corrected chi connectivity index (χ3v) is 3.41. The highest BCUT2D eigenvalue weighted by Gasteiger charge is 2.08. The number of hydrogen-bond donors (Lipinski definition) is 1. The van der Waals surface area contributed by atoms with Gasteiger partial charge in [0.2, 0.25) is 0 Å². The zero-order valence-corrected chi connectivity index (χ0v) is 10.0. The Morgan fingerprint density at radius 3 is 3.00 bits per heavy atom. The Morgan fingerprint density at radius 2 is 2.40 bits per heavy atom. The highest BCUT2D eigenvalue weighted by Crippen LogP contribution is 2.19. The SMILES string of the molecule is COc1cccnc1NCC(C)S(C)=O. The van der Waals surface area contributed by atoms with Crippen LogP contribution in [0.15, 0.2) is 18.3 Å². The highest BCUT2D eigenvalue weighted by atomic mass is 32.2. The van der Waals surface area contributed by atoms with Crippen molar-refractivity contribution in [2.45, 2.75) is 12.2 Å². The van der Waals surface area contributed by atoms with Crippen molar-refractivity contribution in [1.82, 2.24) is 4.98 Å². The summed E-state index contributed by atoms with van der Waals surface area (Å²) in [4.78, 5) is 4.15. The minimum absolute atomic E-state index is 0.0942. The normalized spacial score (nSPS) is 14.3. The largest absolute Gasteiger partial charge is 0.493 e. The number of aromatic nitrogens is 1. The van der Waals surface area contributed by atoms with Gasteiger partial charge in [-0.2, -0.15) is 0 Å². The van der Waals surface area contributed by atoms with Crippen LogP contribution in [-0.4, -0.2) is 34.4 Å². The Morgan fingerprint density at radius 1 is 1.67 bits per heavy atom. The Labute approximate surface area is 92.5 Å². The van der Waals surface area contributed by atoms with Gasteiger partial charge >= 0.3 is 0 Å². The first-order valence-corrected chi connectivity index (χ1v) is 6.32. The van der Waals surface area contributed by atoms with Crippen LogP contribution >= 0.6 is 0 Å². The fraction of sp³-hybridized carbons (Fsp3) is 0.500. The van der Waals surface area contributed by atoms with E-state index in [9.17, 15) is 4.21 Å². The lowest BCUT2D eigenvalue weighted by Crippen LogP contribution is -2.21. The fourth-order valence-corrected chi connectivity index (χ4v) is 1.36. The van der Waals surface area contributed by atoms with E-state index in [-0.39, 0.29) is 5.25 Å². The van der Waals surface area contributed by atoms with Crippen molar-refractivity contribution in [3.8, 4) is 5.75 Å². The second kappa shape index (κ2) is 5.70. The van der Waals surface area contributed by atoms with E-state index in [2.05, 4.69) is 10.3 Å². The van der Waals surface area contributed by atoms with Gasteiger partial charge < -0.3 is 10.1 Å². The molecule has 0 radical (unpaired) electrons. The minimum Gasteiger partial charge on any atom is -0.493 e. The molecule has 0 aromatic carbocycles. The third-order valence-electron chi connectivity index (χ3n) is 2.11. The van der Waals surface area contributed by atoms with Crippen LogP contribution in [0.4, 0.5) is 5.82 Å². The Balaban J connectivity index is 2.60. The first-order valence-electron chi connectivity index (χ1n) is 4.70. The first-order chi connectivity index (χ1) is 7.15. The predicted molar refractivity (Wildman–Crippen MR) is 62.8 cm³/mol. The lowest BCUT2D eigenvalue weighted by molar-refractivity contribution is 0.415. The molecule has 0 spiro atoms. The molecule has 1 N–H and O–H groups in total. The summed E-state index contributed by atoms with van der Waals surface area (Å²) in [6.45, 7) is 2.55. The summed E-state index contributed by atoms with van der Waals surface area (Å²) in [6, 6.07) is 3.65. The van der Waals surface area contributed by atoms with Crippen LogP contribution in [0.2, 0.25) is 0 Å². The van der Waals surface area contributed by atoms with Gasteiger partial charge in [-0.25, -0.2) is 4.98 Å². The molecule has 4 nitrogen and oxygen atoms in total. The number of nitrogens with zero attached hydrogens (tertiary/aromatic N) is 1. The van der Waals surface area contributed by atoms with Gasteiger partial charge in [-0.05, 0) is 19.1 Å². The molecule has 0 saturated heterocycles. The van der Waals surface area contributed by atoms with Crippen molar-refractivity contribution >= 4 is 16.6 Å². The van der Waals surface area contributed by atoms with E-state index in [1.165, 1.54) is 0 Å². The molecular weight excluding hydrogens is 212 g/mol. The predicted octanol–water partition coefficient (Wildman–Crippen LogP) is 1.27. The number of hydrogen-bond acceptors (Lipinski definition) is 4. The molecule has 1 heterocycles. The molecule has 0 aliphatic heterocycles. The quantitative estimate of drug-likeness (QED) is 0.824. The maximum atomic E-state index is 11.1. The zero-order chi connectivity index (χ0) is 11.3. The van der Waals surface area contributed by atoms with Crippen LogP contribution in [0.3, 0.4) is 0 Å². The van der Waals surface area contributed by atoms with Crippen molar-refractivity contribution in [2.24, 2.45) is 0 Å². The van der Waals surface area contributed by atoms with Crippen LogP contribution < -0.4 is 10.1 Å². The number of anilines is 1. The van der Waals surface area contributed by atoms with Gasteiger partial charge in [0.15, 0.2) is 11.6 Å². The van der Waals surface area contributed by atoms with Crippen molar-refractivity contribution in [2.75, 3.05) is 25.2 Å². The summed E-state index contributed by atoms with van der Waals surface area (Å²) >= 11 is 0. The summed E-state index contributed by atoms with van der Waals surface area (Å²) < 4.78 is 16.3. The van der Waals surface area contributed by atoms with Crippen LogP contribution in [0, 0.1) is 0 Å². The van der Waals surface area contributed by atoms with E-state index < -0.39 is 10.8 Å². The van der Waals surface area contributed by atoms with E-state index in [0.717, 1.165) is 0 Å². The fourth-order valence-electron chi connectivity index (χ4n) is 1.05. The summed E-state index contributed by atoms with van der Waals surface area (Å²) in [6.07, 6.45) is 3.39. The maximum absolute atomic E-state index is 11.1. The molecule has 2 atom stereocenters. The summed E-state index contributed by atoms with van der Waals surface area (Å²) in [5, 5.41) is 3.21. The number of pyridine rings is 1. The molecule has 0 aliphatic rings. The molecule has 0 fully saturated rings. The van der Waals surface area contributed by atoms with Crippen LogP contribution in [-0.2, 0) is 10.8 Å². The minimum atomic E-state index is -0.824. The number of methoxy groups -OCH3 is 1. The van der Waals surface area contributed by atoms with Gasteiger partial charge in [-0.3, -0.25) is 4.21 Å². The Bertz CT molecular complexity index is 344. The zero-order valence-electron chi connectivity index (χ0n) is 9.19. The van der Waals surface area contributed by atoms with Crippen LogP contribution in [0.1, 0.15) is 6.92 Å². The second-order valence-electron chi connectivity index (χ2n) is 3.24. The summed E-state index contributed by atoms with van der Waals surface area (Å²) in [5.41, 5.74) is 0. The highest BCUT2D eigenvalue weighted by molar-refractivity contribution is 7.84. The van der Waals surface area contributed by atoms with Gasteiger partial charge in [-0.1, -0.05) is 0 Å². The van der Waals surface area contributed by atoms with Gasteiger partial charge in [0.25, 0.3) is 0 Å². The van der Waals surface area contributed by atoms with E-state index in [1.54, 1.807) is 19.6 Å². The lowest BCUT2D eigenvalue weighted by Gasteiger charge is -2.12. The molecule has 0 bridgehead atoms. The van der Waals surface area contributed by atoms with Crippen molar-refractivity contribution in [3.05, 3.63) is 18.3 Å². The summed E-state index contributed by atoms with van der Waals surface area (Å²) in [7, 11) is 0.777. The molecule has 1 aromatic rings. The maximum Gasteiger partial charge on any atom is 0.168 e. The van der Waals surface area contributed by atoms with Gasteiger partial charge in [0.1, 0.15) is 0 Å². The Kier molecular flexibility index (Phi) is 4.55.